The molecule has 0 saturated heterocycles. The fourth-order valence-electron chi connectivity index (χ4n) is 3.27. The number of hydrogen-bond acceptors (Lipinski definition) is 4. The average Bonchev–Trinajstić information content (AvgIpc) is 3.41. The van der Waals surface area contributed by atoms with Gasteiger partial charge >= 0.3 is 5.97 Å². The maximum atomic E-state index is 12.8. The quantitative estimate of drug-likeness (QED) is 0.424. The van der Waals surface area contributed by atoms with Crippen LogP contribution in [0.2, 0.25) is 0 Å². The zero-order chi connectivity index (χ0) is 21.1. The lowest BCUT2D eigenvalue weighted by molar-refractivity contribution is -0.142. The predicted octanol–water partition coefficient (Wildman–Crippen LogP) is 3.63. The number of aromatic nitrogens is 3. The molecule has 4 rings (SSSR count). The molecule has 0 fully saturated rings. The van der Waals surface area contributed by atoms with Crippen LogP contribution in [0.4, 0.5) is 0 Å². The van der Waals surface area contributed by atoms with Gasteiger partial charge in [0.15, 0.2) is 0 Å². The van der Waals surface area contributed by atoms with Crippen LogP contribution in [-0.2, 0) is 16.0 Å². The van der Waals surface area contributed by atoms with Gasteiger partial charge in [-0.05, 0) is 35.9 Å². The molecule has 2 N–H and O–H groups in total. The Labute approximate surface area is 181 Å². The molecule has 0 spiro atoms. The number of ether oxygens (including phenoxy) is 1. The molecule has 30 heavy (non-hydrogen) atoms. The lowest BCUT2D eigenvalue weighted by Gasteiger charge is -2.15. The topological polar surface area (TPSA) is 89.0 Å². The summed E-state index contributed by atoms with van der Waals surface area (Å²) in [4.78, 5) is 28.3. The van der Waals surface area contributed by atoms with Crippen molar-refractivity contribution in [3.63, 3.8) is 0 Å². The lowest BCUT2D eigenvalue weighted by Crippen LogP contribution is -2.43. The number of benzene rings is 2. The molecular formula is C22H19BrN4O3. The van der Waals surface area contributed by atoms with Crippen LogP contribution in [0, 0.1) is 0 Å². The van der Waals surface area contributed by atoms with Crippen LogP contribution in [0.3, 0.4) is 0 Å². The Balaban J connectivity index is 1.53. The van der Waals surface area contributed by atoms with Crippen LogP contribution < -0.4 is 5.32 Å². The van der Waals surface area contributed by atoms with E-state index in [4.69, 9.17) is 4.74 Å². The van der Waals surface area contributed by atoms with Crippen molar-refractivity contribution < 1.29 is 14.3 Å². The van der Waals surface area contributed by atoms with E-state index in [1.54, 1.807) is 10.9 Å². The number of H-pyrrole nitrogens is 1. The van der Waals surface area contributed by atoms with Crippen molar-refractivity contribution in [2.45, 2.75) is 12.5 Å². The fourth-order valence-corrected chi connectivity index (χ4v) is 3.54. The van der Waals surface area contributed by atoms with Gasteiger partial charge < -0.3 is 15.0 Å². The first-order valence-electron chi connectivity index (χ1n) is 9.29. The van der Waals surface area contributed by atoms with Crippen molar-refractivity contribution in [1.29, 1.82) is 0 Å². The summed E-state index contributed by atoms with van der Waals surface area (Å²) < 4.78 is 7.47. The van der Waals surface area contributed by atoms with Crippen LogP contribution in [-0.4, -0.2) is 39.8 Å². The van der Waals surface area contributed by atoms with Crippen molar-refractivity contribution in [3.8, 4) is 5.69 Å². The SMILES string of the molecule is COC(=O)[C@@H](Cc1c[nH]c2ccccc12)NC(=O)c1cnn(-c2ccc(Br)cc2)c1. The van der Waals surface area contributed by atoms with Crippen LogP contribution in [0.15, 0.2) is 71.6 Å². The Morgan fingerprint density at radius 3 is 2.73 bits per heavy atom. The third-order valence-corrected chi connectivity index (χ3v) is 5.35. The summed E-state index contributed by atoms with van der Waals surface area (Å²) in [6.45, 7) is 0. The Morgan fingerprint density at radius 1 is 1.20 bits per heavy atom. The third kappa shape index (κ3) is 4.13. The second-order valence-corrected chi connectivity index (χ2v) is 7.68. The van der Waals surface area contributed by atoms with Gasteiger partial charge in [0.25, 0.3) is 5.91 Å². The number of nitrogens with one attached hydrogen (secondary N) is 2. The Bertz CT molecular complexity index is 1200. The number of hydrogen-bond donors (Lipinski definition) is 2. The van der Waals surface area contributed by atoms with Crippen molar-refractivity contribution in [1.82, 2.24) is 20.1 Å². The minimum Gasteiger partial charge on any atom is -0.467 e. The number of carbonyl (C=O) groups excluding carboxylic acids is 2. The normalized spacial score (nSPS) is 11.9. The molecule has 2 aromatic carbocycles. The van der Waals surface area contributed by atoms with Gasteiger partial charge in [0.2, 0.25) is 0 Å². The van der Waals surface area contributed by atoms with E-state index in [1.165, 1.54) is 13.3 Å². The van der Waals surface area contributed by atoms with E-state index in [0.29, 0.717) is 12.0 Å². The van der Waals surface area contributed by atoms with E-state index in [-0.39, 0.29) is 0 Å². The van der Waals surface area contributed by atoms with Crippen LogP contribution in [0.25, 0.3) is 16.6 Å². The molecule has 2 aromatic heterocycles. The number of halogens is 1. The number of aromatic amines is 1. The minimum absolute atomic E-state index is 0.309. The number of rotatable bonds is 6. The maximum Gasteiger partial charge on any atom is 0.328 e. The molecule has 8 heteroatoms. The summed E-state index contributed by atoms with van der Waals surface area (Å²) >= 11 is 3.39. The van der Waals surface area contributed by atoms with Gasteiger partial charge in [0.1, 0.15) is 6.04 Å². The van der Waals surface area contributed by atoms with Crippen molar-refractivity contribution in [3.05, 3.63) is 82.7 Å². The third-order valence-electron chi connectivity index (χ3n) is 4.83. The highest BCUT2D eigenvalue weighted by Crippen LogP contribution is 2.20. The molecule has 1 atom stereocenters. The molecule has 0 unspecified atom stereocenters. The summed E-state index contributed by atoms with van der Waals surface area (Å²) in [5.41, 5.74) is 3.07. The van der Waals surface area contributed by atoms with E-state index in [2.05, 4.69) is 31.3 Å². The van der Waals surface area contributed by atoms with E-state index in [0.717, 1.165) is 26.6 Å². The number of fused-ring (bicyclic) bond motifs is 1. The molecule has 7 nitrogen and oxygen atoms in total. The first-order chi connectivity index (χ1) is 14.5. The summed E-state index contributed by atoms with van der Waals surface area (Å²) in [6.07, 6.45) is 5.25. The smallest absolute Gasteiger partial charge is 0.328 e. The van der Waals surface area contributed by atoms with Gasteiger partial charge in [-0.15, -0.1) is 0 Å². The summed E-state index contributed by atoms with van der Waals surface area (Å²) in [5.74, 6) is -0.900. The number of methoxy groups -OCH3 is 1. The molecular weight excluding hydrogens is 448 g/mol. The Kier molecular flexibility index (Phi) is 5.67. The number of nitrogens with zero attached hydrogens (tertiary/aromatic N) is 2. The second kappa shape index (κ2) is 8.54. The molecule has 0 saturated carbocycles. The van der Waals surface area contributed by atoms with E-state index < -0.39 is 17.9 Å². The number of para-hydroxylation sites is 1. The van der Waals surface area contributed by atoms with Gasteiger partial charge in [-0.2, -0.15) is 5.10 Å². The minimum atomic E-state index is -0.822. The standard InChI is InChI=1S/C22H19BrN4O3/c1-30-22(29)20(10-14-11-24-19-5-3-2-4-18(14)19)26-21(28)15-12-25-27(13-15)17-8-6-16(23)7-9-17/h2-9,11-13,20,24H,10H2,1H3,(H,26,28)/t20-/m1/s1. The zero-order valence-electron chi connectivity index (χ0n) is 16.1. The van der Waals surface area contributed by atoms with Gasteiger partial charge in [0, 0.05) is 34.2 Å². The Morgan fingerprint density at radius 2 is 1.97 bits per heavy atom. The predicted molar refractivity (Wildman–Crippen MR) is 117 cm³/mol. The van der Waals surface area contributed by atoms with Crippen LogP contribution >= 0.6 is 15.9 Å². The zero-order valence-corrected chi connectivity index (χ0v) is 17.7. The largest absolute Gasteiger partial charge is 0.467 e. The average molecular weight is 467 g/mol. The molecule has 0 bridgehead atoms. The fraction of sp³-hybridized carbons (Fsp3) is 0.136. The van der Waals surface area contributed by atoms with Crippen molar-refractivity contribution in [2.24, 2.45) is 0 Å². The first kappa shape index (κ1) is 19.9. The lowest BCUT2D eigenvalue weighted by atomic mass is 10.0. The highest BCUT2D eigenvalue weighted by Gasteiger charge is 2.24. The van der Waals surface area contributed by atoms with Crippen LogP contribution in [0.1, 0.15) is 15.9 Å². The molecule has 2 heterocycles. The highest BCUT2D eigenvalue weighted by atomic mass is 79.9. The first-order valence-corrected chi connectivity index (χ1v) is 10.1. The molecule has 0 aliphatic carbocycles. The van der Waals surface area contributed by atoms with Gasteiger partial charge in [-0.1, -0.05) is 34.1 Å². The van der Waals surface area contributed by atoms with Gasteiger partial charge in [-0.3, -0.25) is 4.79 Å². The summed E-state index contributed by atoms with van der Waals surface area (Å²) in [6, 6.07) is 14.5. The Hall–Kier alpha value is -3.39. The second-order valence-electron chi connectivity index (χ2n) is 6.76. The van der Waals surface area contributed by atoms with Gasteiger partial charge in [0.05, 0.1) is 24.6 Å². The summed E-state index contributed by atoms with van der Waals surface area (Å²) in [5, 5.41) is 8.02. The number of esters is 1. The number of amides is 1. The van der Waals surface area contributed by atoms with Crippen molar-refractivity contribution >= 4 is 38.7 Å². The monoisotopic (exact) mass is 466 g/mol. The maximum absolute atomic E-state index is 12.8. The molecule has 152 valence electrons. The highest BCUT2D eigenvalue weighted by molar-refractivity contribution is 9.10. The molecule has 0 radical (unpaired) electrons. The number of carbonyl (C=O) groups is 2. The summed E-state index contributed by atoms with van der Waals surface area (Å²) in [7, 11) is 1.31. The molecule has 0 aliphatic heterocycles. The van der Waals surface area contributed by atoms with E-state index in [9.17, 15) is 9.59 Å². The van der Waals surface area contributed by atoms with Crippen molar-refractivity contribution in [2.75, 3.05) is 7.11 Å². The van der Waals surface area contributed by atoms with E-state index >= 15 is 0 Å². The van der Waals surface area contributed by atoms with E-state index in [1.807, 2.05) is 54.7 Å². The van der Waals surface area contributed by atoms with Gasteiger partial charge in [-0.25, -0.2) is 9.48 Å². The molecule has 4 aromatic rings. The molecule has 0 aliphatic rings. The molecule has 1 amide bonds. The van der Waals surface area contributed by atoms with Crippen LogP contribution in [0.5, 0.6) is 0 Å².